The van der Waals surface area contributed by atoms with E-state index in [0.29, 0.717) is 6.61 Å². The van der Waals surface area contributed by atoms with E-state index in [2.05, 4.69) is 4.98 Å². The third-order valence-corrected chi connectivity index (χ3v) is 4.52. The molecule has 0 N–H and O–H groups in total. The molecule has 0 bridgehead atoms. The van der Waals surface area contributed by atoms with Crippen LogP contribution in [0.25, 0.3) is 5.69 Å². The standard InChI is InChI=1S/C21H21N3O2/c1-16-22-13-14-23(16)19-11-7-17(8-12-19)15-26-24(21(25)18-9-10-18)20-5-3-2-4-6-20/h2-8,11-14,18H,9-10,15H2,1H3. The number of benzene rings is 2. The van der Waals surface area contributed by atoms with E-state index in [4.69, 9.17) is 4.84 Å². The number of carbonyl (C=O) groups excluding carboxylic acids is 1. The van der Waals surface area contributed by atoms with Gasteiger partial charge in [-0.05, 0) is 49.6 Å². The van der Waals surface area contributed by atoms with Crippen LogP contribution in [0.15, 0.2) is 67.0 Å². The van der Waals surface area contributed by atoms with Gasteiger partial charge in [0.2, 0.25) is 0 Å². The van der Waals surface area contributed by atoms with E-state index in [1.54, 1.807) is 6.20 Å². The number of hydrogen-bond donors (Lipinski definition) is 0. The molecular formula is C21H21N3O2. The van der Waals surface area contributed by atoms with Crippen molar-refractivity contribution < 1.29 is 9.63 Å². The molecule has 0 aliphatic heterocycles. The highest BCUT2D eigenvalue weighted by Gasteiger charge is 2.35. The summed E-state index contributed by atoms with van der Waals surface area (Å²) < 4.78 is 2.03. The summed E-state index contributed by atoms with van der Waals surface area (Å²) in [6.45, 7) is 2.31. The van der Waals surface area contributed by atoms with Crippen LogP contribution in [0, 0.1) is 12.8 Å². The zero-order chi connectivity index (χ0) is 17.9. The zero-order valence-corrected chi connectivity index (χ0v) is 14.7. The van der Waals surface area contributed by atoms with Gasteiger partial charge in [0.1, 0.15) is 12.4 Å². The van der Waals surface area contributed by atoms with Gasteiger partial charge in [0, 0.05) is 24.0 Å². The molecule has 5 heteroatoms. The second-order valence-electron chi connectivity index (χ2n) is 6.53. The molecule has 1 heterocycles. The summed E-state index contributed by atoms with van der Waals surface area (Å²) >= 11 is 0. The second kappa shape index (κ2) is 7.14. The Hall–Kier alpha value is -2.92. The molecule has 0 atom stereocenters. The molecular weight excluding hydrogens is 326 g/mol. The van der Waals surface area contributed by atoms with Gasteiger partial charge in [0.25, 0.3) is 5.91 Å². The van der Waals surface area contributed by atoms with Crippen molar-refractivity contribution in [1.82, 2.24) is 9.55 Å². The van der Waals surface area contributed by atoms with E-state index in [0.717, 1.165) is 35.6 Å². The molecule has 0 spiro atoms. The van der Waals surface area contributed by atoms with Crippen molar-refractivity contribution >= 4 is 11.6 Å². The predicted octanol–water partition coefficient (Wildman–Crippen LogP) is 4.06. The molecule has 1 aliphatic carbocycles. The van der Waals surface area contributed by atoms with Gasteiger partial charge in [-0.25, -0.2) is 4.98 Å². The Morgan fingerprint density at radius 2 is 1.88 bits per heavy atom. The van der Waals surface area contributed by atoms with Crippen LogP contribution in [0.4, 0.5) is 5.69 Å². The first-order chi connectivity index (χ1) is 12.7. The van der Waals surface area contributed by atoms with Crippen LogP contribution in [0.3, 0.4) is 0 Å². The number of para-hydroxylation sites is 1. The molecule has 4 rings (SSSR count). The Bertz CT molecular complexity index is 883. The molecule has 0 radical (unpaired) electrons. The summed E-state index contributed by atoms with van der Waals surface area (Å²) in [7, 11) is 0. The molecule has 1 aliphatic rings. The lowest BCUT2D eigenvalue weighted by Gasteiger charge is -2.22. The van der Waals surface area contributed by atoms with Crippen molar-refractivity contribution in [2.24, 2.45) is 5.92 Å². The number of carbonyl (C=O) groups is 1. The zero-order valence-electron chi connectivity index (χ0n) is 14.7. The third kappa shape index (κ3) is 3.53. The minimum Gasteiger partial charge on any atom is -0.304 e. The number of amides is 1. The first kappa shape index (κ1) is 16.5. The molecule has 3 aromatic rings. The van der Waals surface area contributed by atoms with Gasteiger partial charge >= 0.3 is 0 Å². The quantitative estimate of drug-likeness (QED) is 0.632. The van der Waals surface area contributed by atoms with Crippen LogP contribution < -0.4 is 5.06 Å². The van der Waals surface area contributed by atoms with Gasteiger partial charge in [-0.15, -0.1) is 0 Å². The first-order valence-electron chi connectivity index (χ1n) is 8.83. The Balaban J connectivity index is 1.47. The minimum atomic E-state index is 0.0434. The van der Waals surface area contributed by atoms with Crippen molar-refractivity contribution in [3.05, 3.63) is 78.4 Å². The highest BCUT2D eigenvalue weighted by atomic mass is 16.7. The molecule has 1 aromatic heterocycles. The lowest BCUT2D eigenvalue weighted by molar-refractivity contribution is -0.127. The lowest BCUT2D eigenvalue weighted by Crippen LogP contribution is -2.32. The van der Waals surface area contributed by atoms with Crippen LogP contribution in [0.5, 0.6) is 0 Å². The van der Waals surface area contributed by atoms with E-state index in [1.165, 1.54) is 5.06 Å². The van der Waals surface area contributed by atoms with E-state index < -0.39 is 0 Å². The Morgan fingerprint density at radius 1 is 1.15 bits per heavy atom. The maximum absolute atomic E-state index is 12.6. The highest BCUT2D eigenvalue weighted by Crippen LogP contribution is 2.33. The van der Waals surface area contributed by atoms with E-state index in [9.17, 15) is 4.79 Å². The first-order valence-corrected chi connectivity index (χ1v) is 8.83. The van der Waals surface area contributed by atoms with Crippen molar-refractivity contribution in [2.45, 2.75) is 26.4 Å². The number of aromatic nitrogens is 2. The fraction of sp³-hybridized carbons (Fsp3) is 0.238. The van der Waals surface area contributed by atoms with E-state index in [1.807, 2.05) is 72.3 Å². The largest absolute Gasteiger partial charge is 0.304 e. The average molecular weight is 347 g/mol. The monoisotopic (exact) mass is 347 g/mol. The van der Waals surface area contributed by atoms with Gasteiger partial charge in [-0.3, -0.25) is 9.63 Å². The van der Waals surface area contributed by atoms with Crippen LogP contribution in [-0.2, 0) is 16.2 Å². The summed E-state index contributed by atoms with van der Waals surface area (Å²) in [6.07, 6.45) is 5.62. The summed E-state index contributed by atoms with van der Waals surface area (Å²) in [6, 6.07) is 17.6. The normalized spacial score (nSPS) is 13.6. The van der Waals surface area contributed by atoms with Gasteiger partial charge in [-0.2, -0.15) is 5.06 Å². The van der Waals surface area contributed by atoms with E-state index >= 15 is 0 Å². The summed E-state index contributed by atoms with van der Waals surface area (Å²) in [5.74, 6) is 1.09. The molecule has 0 saturated heterocycles. The van der Waals surface area contributed by atoms with Gasteiger partial charge in [-0.1, -0.05) is 30.3 Å². The maximum Gasteiger partial charge on any atom is 0.253 e. The Labute approximate surface area is 152 Å². The molecule has 1 amide bonds. The summed E-state index contributed by atoms with van der Waals surface area (Å²) in [4.78, 5) is 22.7. The van der Waals surface area contributed by atoms with Crippen LogP contribution in [0.1, 0.15) is 24.2 Å². The Morgan fingerprint density at radius 3 is 2.50 bits per heavy atom. The molecule has 26 heavy (non-hydrogen) atoms. The summed E-state index contributed by atoms with van der Waals surface area (Å²) in [5, 5.41) is 1.45. The van der Waals surface area contributed by atoms with Crippen molar-refractivity contribution in [1.29, 1.82) is 0 Å². The third-order valence-electron chi connectivity index (χ3n) is 4.52. The predicted molar refractivity (Wildman–Crippen MR) is 99.7 cm³/mol. The van der Waals surface area contributed by atoms with Gasteiger partial charge < -0.3 is 4.57 Å². The fourth-order valence-electron chi connectivity index (χ4n) is 2.87. The molecule has 5 nitrogen and oxygen atoms in total. The number of rotatable bonds is 6. The van der Waals surface area contributed by atoms with E-state index in [-0.39, 0.29) is 11.8 Å². The number of hydrogen-bond acceptors (Lipinski definition) is 3. The average Bonchev–Trinajstić information content (AvgIpc) is 3.44. The lowest BCUT2D eigenvalue weighted by atomic mass is 10.2. The maximum atomic E-state index is 12.6. The summed E-state index contributed by atoms with van der Waals surface area (Å²) in [5.41, 5.74) is 2.84. The molecule has 1 fully saturated rings. The fourth-order valence-corrected chi connectivity index (χ4v) is 2.87. The highest BCUT2D eigenvalue weighted by molar-refractivity contribution is 5.94. The second-order valence-corrected chi connectivity index (χ2v) is 6.53. The number of aryl methyl sites for hydroxylation is 1. The van der Waals surface area contributed by atoms with Gasteiger partial charge in [0.15, 0.2) is 0 Å². The Kier molecular flexibility index (Phi) is 4.54. The van der Waals surface area contributed by atoms with Crippen LogP contribution in [-0.4, -0.2) is 15.5 Å². The van der Waals surface area contributed by atoms with Crippen molar-refractivity contribution in [3.8, 4) is 5.69 Å². The molecule has 2 aromatic carbocycles. The van der Waals surface area contributed by atoms with Crippen molar-refractivity contribution in [3.63, 3.8) is 0 Å². The van der Waals surface area contributed by atoms with Gasteiger partial charge in [0.05, 0.1) is 5.69 Å². The van der Waals surface area contributed by atoms with Crippen LogP contribution >= 0.6 is 0 Å². The number of nitrogens with zero attached hydrogens (tertiary/aromatic N) is 3. The minimum absolute atomic E-state index is 0.0434. The smallest absolute Gasteiger partial charge is 0.253 e. The molecule has 1 saturated carbocycles. The topological polar surface area (TPSA) is 47.4 Å². The molecule has 0 unspecified atom stereocenters. The SMILES string of the molecule is Cc1nccn1-c1ccc(CON(C(=O)C2CC2)c2ccccc2)cc1. The molecule has 132 valence electrons. The van der Waals surface area contributed by atoms with Crippen molar-refractivity contribution in [2.75, 3.05) is 5.06 Å². The number of hydroxylamine groups is 1. The number of anilines is 1. The number of imidazole rings is 1. The van der Waals surface area contributed by atoms with Crippen LogP contribution in [0.2, 0.25) is 0 Å².